The topological polar surface area (TPSA) is 196 Å². The van der Waals surface area contributed by atoms with Gasteiger partial charge in [-0.15, -0.1) is 0 Å². The number of nitrogens with zero attached hydrogens (tertiary/aromatic N) is 1. The SMILES string of the molecule is NNc1ccc(C(=O)NCCCCC(NC(=O)NCC(=O)O)C(=O)O)cn1. The zero-order valence-electron chi connectivity index (χ0n) is 14.4. The number of hydrazine groups is 1. The summed E-state index contributed by atoms with van der Waals surface area (Å²) in [5, 5.41) is 24.4. The Labute approximate surface area is 154 Å². The third kappa shape index (κ3) is 8.49. The fourth-order valence-corrected chi connectivity index (χ4v) is 2.01. The molecule has 0 saturated carbocycles. The molecule has 0 fully saturated rings. The van der Waals surface area contributed by atoms with Crippen LogP contribution >= 0.6 is 0 Å². The maximum atomic E-state index is 11.9. The van der Waals surface area contributed by atoms with Crippen LogP contribution in [0, 0.1) is 0 Å². The number of aromatic nitrogens is 1. The van der Waals surface area contributed by atoms with Gasteiger partial charge in [-0.1, -0.05) is 0 Å². The van der Waals surface area contributed by atoms with E-state index in [9.17, 15) is 19.2 Å². The summed E-state index contributed by atoms with van der Waals surface area (Å²) in [5.74, 6) is 2.81. The number of carbonyl (C=O) groups is 4. The van der Waals surface area contributed by atoms with Crippen molar-refractivity contribution in [3.63, 3.8) is 0 Å². The Morgan fingerprint density at radius 1 is 1.11 bits per heavy atom. The van der Waals surface area contributed by atoms with E-state index >= 15 is 0 Å². The summed E-state index contributed by atoms with van der Waals surface area (Å²) in [6, 6.07) is 1.07. The molecule has 0 bridgehead atoms. The van der Waals surface area contributed by atoms with Crippen molar-refractivity contribution in [1.29, 1.82) is 0 Å². The molecule has 1 aromatic rings. The van der Waals surface area contributed by atoms with Crippen molar-refractivity contribution in [2.75, 3.05) is 18.5 Å². The van der Waals surface area contributed by atoms with Crippen LogP contribution in [0.3, 0.4) is 0 Å². The average molecular weight is 382 g/mol. The predicted octanol–water partition coefficient (Wildman–Crippen LogP) is -0.896. The summed E-state index contributed by atoms with van der Waals surface area (Å²) in [5.41, 5.74) is 2.70. The van der Waals surface area contributed by atoms with Crippen LogP contribution in [0.1, 0.15) is 29.6 Å². The van der Waals surface area contributed by atoms with Crippen LogP contribution in [0.25, 0.3) is 0 Å². The van der Waals surface area contributed by atoms with Gasteiger partial charge in [0.05, 0.1) is 5.56 Å². The highest BCUT2D eigenvalue weighted by molar-refractivity contribution is 5.94. The van der Waals surface area contributed by atoms with E-state index < -0.39 is 30.6 Å². The molecule has 0 spiro atoms. The zero-order chi connectivity index (χ0) is 20.2. The summed E-state index contributed by atoms with van der Waals surface area (Å²) < 4.78 is 0. The largest absolute Gasteiger partial charge is 0.480 e. The van der Waals surface area contributed by atoms with Gasteiger partial charge in [0.2, 0.25) is 0 Å². The molecule has 1 atom stereocenters. The minimum absolute atomic E-state index is 0.129. The van der Waals surface area contributed by atoms with E-state index in [1.165, 1.54) is 6.20 Å². The van der Waals surface area contributed by atoms with Crippen molar-refractivity contribution in [2.24, 2.45) is 5.84 Å². The van der Waals surface area contributed by atoms with E-state index in [2.05, 4.69) is 21.0 Å². The van der Waals surface area contributed by atoms with Gasteiger partial charge in [0.15, 0.2) is 0 Å². The number of nitrogen functional groups attached to an aromatic ring is 1. The van der Waals surface area contributed by atoms with E-state index in [0.717, 1.165) is 0 Å². The number of carboxylic acid groups (broad SMARTS) is 2. The Hall–Kier alpha value is -3.41. The van der Waals surface area contributed by atoms with E-state index in [1.54, 1.807) is 12.1 Å². The Morgan fingerprint density at radius 3 is 2.41 bits per heavy atom. The Morgan fingerprint density at radius 2 is 1.85 bits per heavy atom. The van der Waals surface area contributed by atoms with Gasteiger partial charge in [-0.2, -0.15) is 0 Å². The molecule has 3 amide bonds. The number of nitrogens with one attached hydrogen (secondary N) is 4. The second kappa shape index (κ2) is 11.3. The number of hydrogen-bond acceptors (Lipinski definition) is 7. The molecule has 0 radical (unpaired) electrons. The summed E-state index contributed by atoms with van der Waals surface area (Å²) in [6.07, 6.45) is 2.41. The maximum Gasteiger partial charge on any atom is 0.326 e. The van der Waals surface area contributed by atoms with Gasteiger partial charge in [0.25, 0.3) is 5.91 Å². The first-order valence-corrected chi connectivity index (χ1v) is 8.03. The number of nitrogens with two attached hydrogens (primary N) is 1. The first kappa shape index (κ1) is 21.6. The highest BCUT2D eigenvalue weighted by atomic mass is 16.4. The molecule has 1 rings (SSSR count). The number of carboxylic acids is 2. The standard InChI is InChI=1S/C15H22N6O6/c16-21-11-5-4-9(7-18-11)13(24)17-6-2-1-3-10(14(25)26)20-15(27)19-8-12(22)23/h4-5,7,10H,1-3,6,8,16H2,(H,17,24)(H,18,21)(H,22,23)(H,25,26)(H2,19,20,27). The number of anilines is 1. The van der Waals surface area contributed by atoms with E-state index in [4.69, 9.17) is 16.1 Å². The molecule has 0 aromatic carbocycles. The number of hydrogen-bond donors (Lipinski definition) is 7. The van der Waals surface area contributed by atoms with Gasteiger partial charge in [-0.3, -0.25) is 9.59 Å². The lowest BCUT2D eigenvalue weighted by atomic mass is 10.1. The van der Waals surface area contributed by atoms with Crippen molar-refractivity contribution >= 4 is 29.7 Å². The predicted molar refractivity (Wildman–Crippen MR) is 93.8 cm³/mol. The number of urea groups is 1. The molecule has 0 aliphatic heterocycles. The second-order valence-electron chi connectivity index (χ2n) is 5.44. The molecule has 27 heavy (non-hydrogen) atoms. The van der Waals surface area contributed by atoms with Crippen LogP contribution in [-0.4, -0.2) is 58.2 Å². The number of rotatable bonds is 11. The average Bonchev–Trinajstić information content (AvgIpc) is 2.64. The molecular weight excluding hydrogens is 360 g/mol. The van der Waals surface area contributed by atoms with Crippen LogP contribution in [0.4, 0.5) is 10.6 Å². The lowest BCUT2D eigenvalue weighted by Gasteiger charge is -2.14. The normalized spacial score (nSPS) is 11.1. The number of unbranched alkanes of at least 4 members (excludes halogenated alkanes) is 1. The highest BCUT2D eigenvalue weighted by Crippen LogP contribution is 2.04. The lowest BCUT2D eigenvalue weighted by molar-refractivity contribution is -0.139. The molecule has 1 aromatic heterocycles. The summed E-state index contributed by atoms with van der Waals surface area (Å²) in [6.45, 7) is -0.297. The van der Waals surface area contributed by atoms with Crippen LogP contribution in [0.5, 0.6) is 0 Å². The molecule has 0 aliphatic carbocycles. The number of pyridine rings is 1. The van der Waals surface area contributed by atoms with Gasteiger partial charge in [-0.05, 0) is 31.4 Å². The fraction of sp³-hybridized carbons (Fsp3) is 0.400. The number of aliphatic carboxylic acids is 2. The molecule has 1 heterocycles. The zero-order valence-corrected chi connectivity index (χ0v) is 14.4. The Kier molecular flexibility index (Phi) is 9.02. The summed E-state index contributed by atoms with van der Waals surface area (Å²) in [4.78, 5) is 48.7. The van der Waals surface area contributed by atoms with Crippen molar-refractivity contribution in [3.05, 3.63) is 23.9 Å². The summed E-state index contributed by atoms with van der Waals surface area (Å²) in [7, 11) is 0. The smallest absolute Gasteiger partial charge is 0.326 e. The molecule has 12 nitrogen and oxygen atoms in total. The molecule has 0 saturated heterocycles. The van der Waals surface area contributed by atoms with Gasteiger partial charge in [-0.25, -0.2) is 20.4 Å². The van der Waals surface area contributed by atoms with E-state index in [0.29, 0.717) is 30.8 Å². The van der Waals surface area contributed by atoms with Crippen molar-refractivity contribution in [1.82, 2.24) is 20.9 Å². The molecule has 12 heteroatoms. The van der Waals surface area contributed by atoms with Crippen LogP contribution < -0.4 is 27.2 Å². The molecular formula is C15H22N6O6. The van der Waals surface area contributed by atoms with E-state index in [1.807, 2.05) is 5.32 Å². The van der Waals surface area contributed by atoms with Gasteiger partial charge >= 0.3 is 18.0 Å². The fourth-order valence-electron chi connectivity index (χ4n) is 2.01. The third-order valence-electron chi connectivity index (χ3n) is 3.38. The van der Waals surface area contributed by atoms with Gasteiger partial charge in [0.1, 0.15) is 18.4 Å². The lowest BCUT2D eigenvalue weighted by Crippen LogP contribution is -2.47. The van der Waals surface area contributed by atoms with Crippen LogP contribution in [-0.2, 0) is 9.59 Å². The quantitative estimate of drug-likeness (QED) is 0.144. The van der Waals surface area contributed by atoms with Gasteiger partial charge < -0.3 is 31.6 Å². The number of amides is 3. The second-order valence-corrected chi connectivity index (χ2v) is 5.44. The molecule has 1 unspecified atom stereocenters. The molecule has 8 N–H and O–H groups in total. The number of carbonyl (C=O) groups excluding carboxylic acids is 2. The van der Waals surface area contributed by atoms with Crippen molar-refractivity contribution < 1.29 is 29.4 Å². The van der Waals surface area contributed by atoms with Crippen molar-refractivity contribution in [2.45, 2.75) is 25.3 Å². The van der Waals surface area contributed by atoms with Gasteiger partial charge in [0, 0.05) is 12.7 Å². The third-order valence-corrected chi connectivity index (χ3v) is 3.38. The van der Waals surface area contributed by atoms with Crippen LogP contribution in [0.15, 0.2) is 18.3 Å². The summed E-state index contributed by atoms with van der Waals surface area (Å²) >= 11 is 0. The minimum atomic E-state index is -1.24. The molecule has 0 aliphatic rings. The first-order chi connectivity index (χ1) is 12.8. The Balaban J connectivity index is 2.30. The highest BCUT2D eigenvalue weighted by Gasteiger charge is 2.19. The molecule has 148 valence electrons. The van der Waals surface area contributed by atoms with Crippen LogP contribution in [0.2, 0.25) is 0 Å². The monoisotopic (exact) mass is 382 g/mol. The van der Waals surface area contributed by atoms with Crippen molar-refractivity contribution in [3.8, 4) is 0 Å². The maximum absolute atomic E-state index is 11.9. The Bertz CT molecular complexity index is 665. The first-order valence-electron chi connectivity index (χ1n) is 8.03. The minimum Gasteiger partial charge on any atom is -0.480 e. The van der Waals surface area contributed by atoms with E-state index in [-0.39, 0.29) is 12.3 Å².